The number of alkyl halides is 3. The first-order valence-electron chi connectivity index (χ1n) is 5.61. The van der Waals surface area contributed by atoms with Gasteiger partial charge >= 0.3 is 12.1 Å². The second kappa shape index (κ2) is 4.29. The third-order valence-electron chi connectivity index (χ3n) is 3.22. The first-order valence-corrected chi connectivity index (χ1v) is 5.61. The SMILES string of the molecule is CC(C(=O)O)c1cc2cc(C(F)(F)F)ccc2n1C. The smallest absolute Gasteiger partial charge is 0.416 e. The second-order valence-corrected chi connectivity index (χ2v) is 4.46. The fourth-order valence-corrected chi connectivity index (χ4v) is 2.09. The zero-order chi connectivity index (χ0) is 14.4. The summed E-state index contributed by atoms with van der Waals surface area (Å²) >= 11 is 0. The van der Waals surface area contributed by atoms with Gasteiger partial charge in [0.15, 0.2) is 0 Å². The highest BCUT2D eigenvalue weighted by Crippen LogP contribution is 2.33. The molecule has 1 N–H and O–H groups in total. The molecule has 0 saturated heterocycles. The molecule has 19 heavy (non-hydrogen) atoms. The first kappa shape index (κ1) is 13.5. The summed E-state index contributed by atoms with van der Waals surface area (Å²) in [5.74, 6) is -1.78. The van der Waals surface area contributed by atoms with Crippen LogP contribution in [0.3, 0.4) is 0 Å². The van der Waals surface area contributed by atoms with E-state index in [0.717, 1.165) is 12.1 Å². The standard InChI is InChI=1S/C13H12F3NO2/c1-7(12(18)19)11-6-8-5-9(13(14,15)16)3-4-10(8)17(11)2/h3-7H,1-2H3,(H,18,19). The Hall–Kier alpha value is -1.98. The number of carboxylic acids is 1. The molecule has 0 aliphatic carbocycles. The van der Waals surface area contributed by atoms with Crippen molar-refractivity contribution < 1.29 is 23.1 Å². The van der Waals surface area contributed by atoms with Crippen molar-refractivity contribution in [1.29, 1.82) is 0 Å². The first-order chi connectivity index (χ1) is 8.71. The lowest BCUT2D eigenvalue weighted by atomic mass is 10.1. The Balaban J connectivity index is 2.60. The summed E-state index contributed by atoms with van der Waals surface area (Å²) in [4.78, 5) is 11.0. The predicted molar refractivity (Wildman–Crippen MR) is 64.0 cm³/mol. The van der Waals surface area contributed by atoms with Crippen molar-refractivity contribution in [3.05, 3.63) is 35.5 Å². The summed E-state index contributed by atoms with van der Waals surface area (Å²) in [6, 6.07) is 4.88. The molecule has 0 amide bonds. The van der Waals surface area contributed by atoms with E-state index in [4.69, 9.17) is 5.11 Å². The Morgan fingerprint density at radius 1 is 1.32 bits per heavy atom. The molecule has 0 saturated carbocycles. The number of hydrogen-bond acceptors (Lipinski definition) is 1. The van der Waals surface area contributed by atoms with E-state index < -0.39 is 23.6 Å². The van der Waals surface area contributed by atoms with Gasteiger partial charge in [-0.2, -0.15) is 13.2 Å². The zero-order valence-electron chi connectivity index (χ0n) is 10.3. The molecule has 2 aromatic rings. The van der Waals surface area contributed by atoms with E-state index in [9.17, 15) is 18.0 Å². The van der Waals surface area contributed by atoms with E-state index in [1.807, 2.05) is 0 Å². The topological polar surface area (TPSA) is 42.2 Å². The molecular weight excluding hydrogens is 259 g/mol. The average Bonchev–Trinajstić information content (AvgIpc) is 2.64. The maximum Gasteiger partial charge on any atom is 0.416 e. The van der Waals surface area contributed by atoms with Crippen LogP contribution in [0.1, 0.15) is 24.1 Å². The minimum atomic E-state index is -4.40. The number of aryl methyl sites for hydroxylation is 1. The number of fused-ring (bicyclic) bond motifs is 1. The van der Waals surface area contributed by atoms with Gasteiger partial charge in [0.05, 0.1) is 11.5 Å². The van der Waals surface area contributed by atoms with Gasteiger partial charge < -0.3 is 9.67 Å². The second-order valence-electron chi connectivity index (χ2n) is 4.46. The highest BCUT2D eigenvalue weighted by atomic mass is 19.4. The molecule has 0 fully saturated rings. The van der Waals surface area contributed by atoms with Gasteiger partial charge in [-0.15, -0.1) is 0 Å². The van der Waals surface area contributed by atoms with Gasteiger partial charge in [0.1, 0.15) is 0 Å². The minimum Gasteiger partial charge on any atom is -0.481 e. The highest BCUT2D eigenvalue weighted by Gasteiger charge is 2.31. The van der Waals surface area contributed by atoms with Crippen molar-refractivity contribution in [2.45, 2.75) is 19.0 Å². The molecule has 1 aromatic carbocycles. The van der Waals surface area contributed by atoms with E-state index in [1.54, 1.807) is 11.6 Å². The molecule has 0 radical (unpaired) electrons. The van der Waals surface area contributed by atoms with E-state index in [2.05, 4.69) is 0 Å². The van der Waals surface area contributed by atoms with Gasteiger partial charge in [0, 0.05) is 23.6 Å². The molecule has 3 nitrogen and oxygen atoms in total. The lowest BCUT2D eigenvalue weighted by Gasteiger charge is -2.08. The number of rotatable bonds is 2. The quantitative estimate of drug-likeness (QED) is 0.909. The fraction of sp³-hybridized carbons (Fsp3) is 0.308. The molecule has 1 atom stereocenters. The minimum absolute atomic E-state index is 0.389. The molecule has 0 aliphatic rings. The van der Waals surface area contributed by atoms with Crippen LogP contribution in [-0.2, 0) is 18.0 Å². The molecule has 1 heterocycles. The Morgan fingerprint density at radius 2 is 1.95 bits per heavy atom. The van der Waals surface area contributed by atoms with Crippen LogP contribution in [0.2, 0.25) is 0 Å². The molecule has 102 valence electrons. The summed E-state index contributed by atoms with van der Waals surface area (Å²) < 4.78 is 39.4. The summed E-state index contributed by atoms with van der Waals surface area (Å²) in [5, 5.41) is 9.36. The number of benzene rings is 1. The van der Waals surface area contributed by atoms with Gasteiger partial charge in [-0.3, -0.25) is 4.79 Å². The van der Waals surface area contributed by atoms with Crippen LogP contribution in [0.5, 0.6) is 0 Å². The van der Waals surface area contributed by atoms with Crippen molar-refractivity contribution in [3.63, 3.8) is 0 Å². The summed E-state index contributed by atoms with van der Waals surface area (Å²) in [5.41, 5.74) is 0.318. The number of carbonyl (C=O) groups is 1. The molecule has 2 rings (SSSR count). The van der Waals surface area contributed by atoms with Gasteiger partial charge in [-0.1, -0.05) is 0 Å². The highest BCUT2D eigenvalue weighted by molar-refractivity contribution is 5.85. The van der Waals surface area contributed by atoms with Crippen LogP contribution < -0.4 is 0 Å². The van der Waals surface area contributed by atoms with Crippen LogP contribution >= 0.6 is 0 Å². The van der Waals surface area contributed by atoms with Crippen LogP contribution in [0.25, 0.3) is 10.9 Å². The van der Waals surface area contributed by atoms with Gasteiger partial charge in [0.25, 0.3) is 0 Å². The monoisotopic (exact) mass is 271 g/mol. The summed E-state index contributed by atoms with van der Waals surface area (Å²) in [7, 11) is 1.64. The number of aliphatic carboxylic acids is 1. The third kappa shape index (κ3) is 2.30. The van der Waals surface area contributed by atoms with E-state index >= 15 is 0 Å². The van der Waals surface area contributed by atoms with Crippen molar-refractivity contribution >= 4 is 16.9 Å². The number of aromatic nitrogens is 1. The van der Waals surface area contributed by atoms with Crippen molar-refractivity contribution in [1.82, 2.24) is 4.57 Å². The lowest BCUT2D eigenvalue weighted by Crippen LogP contribution is -2.11. The number of halogens is 3. The van der Waals surface area contributed by atoms with Gasteiger partial charge in [0.2, 0.25) is 0 Å². The Labute approximate surface area is 107 Å². The van der Waals surface area contributed by atoms with Crippen molar-refractivity contribution in [3.8, 4) is 0 Å². The van der Waals surface area contributed by atoms with Gasteiger partial charge in [-0.05, 0) is 31.2 Å². The Bertz CT molecular complexity index is 643. The number of carboxylic acid groups (broad SMARTS) is 1. The van der Waals surface area contributed by atoms with Crippen LogP contribution in [0.4, 0.5) is 13.2 Å². The molecule has 0 spiro atoms. The summed E-state index contributed by atoms with van der Waals surface area (Å²) in [6.45, 7) is 1.50. The zero-order valence-corrected chi connectivity index (χ0v) is 10.3. The third-order valence-corrected chi connectivity index (χ3v) is 3.22. The normalized spacial score (nSPS) is 13.7. The molecule has 0 bridgehead atoms. The largest absolute Gasteiger partial charge is 0.481 e. The van der Waals surface area contributed by atoms with Crippen LogP contribution in [0.15, 0.2) is 24.3 Å². The maximum atomic E-state index is 12.6. The fourth-order valence-electron chi connectivity index (χ4n) is 2.09. The van der Waals surface area contributed by atoms with Gasteiger partial charge in [-0.25, -0.2) is 0 Å². The molecule has 0 aliphatic heterocycles. The maximum absolute atomic E-state index is 12.6. The summed E-state index contributed by atoms with van der Waals surface area (Å²) in [6.07, 6.45) is -4.40. The molecule has 1 unspecified atom stereocenters. The van der Waals surface area contributed by atoms with E-state index in [0.29, 0.717) is 16.6 Å². The van der Waals surface area contributed by atoms with Crippen LogP contribution in [0, 0.1) is 0 Å². The van der Waals surface area contributed by atoms with E-state index in [1.165, 1.54) is 19.1 Å². The molecular formula is C13H12F3NO2. The number of hydrogen-bond donors (Lipinski definition) is 1. The van der Waals surface area contributed by atoms with Crippen molar-refractivity contribution in [2.24, 2.45) is 7.05 Å². The Kier molecular flexibility index (Phi) is 3.04. The molecule has 6 heteroatoms. The average molecular weight is 271 g/mol. The van der Waals surface area contributed by atoms with E-state index in [-0.39, 0.29) is 0 Å². The van der Waals surface area contributed by atoms with Crippen LogP contribution in [-0.4, -0.2) is 15.6 Å². The molecule has 1 aromatic heterocycles. The Morgan fingerprint density at radius 3 is 2.47 bits per heavy atom. The number of nitrogens with zero attached hydrogens (tertiary/aromatic N) is 1. The van der Waals surface area contributed by atoms with Crippen molar-refractivity contribution in [2.75, 3.05) is 0 Å². The lowest BCUT2D eigenvalue weighted by molar-refractivity contribution is -0.139. The predicted octanol–water partition coefficient (Wildman–Crippen LogP) is 3.39.